The van der Waals surface area contributed by atoms with E-state index in [2.05, 4.69) is 5.32 Å². The molecule has 0 bridgehead atoms. The number of nitrogens with one attached hydrogen (secondary N) is 1. The van der Waals surface area contributed by atoms with E-state index in [1.54, 1.807) is 32.2 Å². The van der Waals surface area contributed by atoms with Gasteiger partial charge in [-0.1, -0.05) is 56.3 Å². The summed E-state index contributed by atoms with van der Waals surface area (Å²) in [4.78, 5) is 28.0. The second-order valence-corrected chi connectivity index (χ2v) is 8.42. The zero-order chi connectivity index (χ0) is 24.0. The van der Waals surface area contributed by atoms with Crippen molar-refractivity contribution in [1.82, 2.24) is 10.2 Å². The normalized spacial score (nSPS) is 11.8. The first-order chi connectivity index (χ1) is 15.8. The van der Waals surface area contributed by atoms with E-state index in [1.165, 1.54) is 0 Å². The van der Waals surface area contributed by atoms with Crippen LogP contribution in [0.2, 0.25) is 0 Å². The van der Waals surface area contributed by atoms with E-state index < -0.39 is 6.04 Å². The zero-order valence-corrected chi connectivity index (χ0v) is 19.9. The Morgan fingerprint density at radius 2 is 1.64 bits per heavy atom. The topological polar surface area (TPSA) is 67.9 Å². The number of likely N-dealkylation sites (N-methyl/N-ethyl adjacent to an activating group) is 1. The number of amides is 2. The summed E-state index contributed by atoms with van der Waals surface area (Å²) in [6, 6.07) is 18.5. The number of benzene rings is 3. The monoisotopic (exact) mass is 448 g/mol. The smallest absolute Gasteiger partial charge is 0.252 e. The summed E-state index contributed by atoms with van der Waals surface area (Å²) >= 11 is 0. The SMILES string of the molecule is COc1ccc(CCN(C)C(=O)C(NC(=O)c2cccc3ccccc23)C(C)C)cc1OC. The van der Waals surface area contributed by atoms with Crippen LogP contribution in [0.15, 0.2) is 60.7 Å². The largest absolute Gasteiger partial charge is 0.493 e. The molecule has 3 aromatic carbocycles. The number of fused-ring (bicyclic) bond motifs is 1. The van der Waals surface area contributed by atoms with Gasteiger partial charge in [0.15, 0.2) is 11.5 Å². The molecule has 0 heterocycles. The Hall–Kier alpha value is -3.54. The Morgan fingerprint density at radius 3 is 2.33 bits per heavy atom. The molecule has 0 saturated heterocycles. The molecule has 1 atom stereocenters. The van der Waals surface area contributed by atoms with E-state index >= 15 is 0 Å². The first-order valence-electron chi connectivity index (χ1n) is 11.1. The fourth-order valence-electron chi connectivity index (χ4n) is 3.84. The number of ether oxygens (including phenoxy) is 2. The summed E-state index contributed by atoms with van der Waals surface area (Å²) in [6.07, 6.45) is 0.657. The van der Waals surface area contributed by atoms with Gasteiger partial charge in [0, 0.05) is 19.2 Å². The molecule has 0 radical (unpaired) electrons. The summed E-state index contributed by atoms with van der Waals surface area (Å²) < 4.78 is 10.6. The molecular weight excluding hydrogens is 416 g/mol. The summed E-state index contributed by atoms with van der Waals surface area (Å²) in [5.41, 5.74) is 1.60. The van der Waals surface area contributed by atoms with Gasteiger partial charge in [0.25, 0.3) is 5.91 Å². The number of hydrogen-bond acceptors (Lipinski definition) is 4. The highest BCUT2D eigenvalue weighted by molar-refractivity contribution is 6.08. The molecular formula is C27H32N2O4. The predicted octanol–water partition coefficient (Wildman–Crippen LogP) is 4.31. The summed E-state index contributed by atoms with van der Waals surface area (Å²) in [5.74, 6) is 0.916. The van der Waals surface area contributed by atoms with Gasteiger partial charge >= 0.3 is 0 Å². The average Bonchev–Trinajstić information content (AvgIpc) is 2.84. The third kappa shape index (κ3) is 5.64. The number of methoxy groups -OCH3 is 2. The molecule has 6 nitrogen and oxygen atoms in total. The maximum absolute atomic E-state index is 13.2. The van der Waals surface area contributed by atoms with Gasteiger partial charge in [0.1, 0.15) is 6.04 Å². The van der Waals surface area contributed by atoms with Gasteiger partial charge in [-0.25, -0.2) is 0 Å². The van der Waals surface area contributed by atoms with Crippen LogP contribution < -0.4 is 14.8 Å². The lowest BCUT2D eigenvalue weighted by atomic mass is 10.00. The van der Waals surface area contributed by atoms with E-state index in [4.69, 9.17) is 9.47 Å². The number of carbonyl (C=O) groups is 2. The van der Waals surface area contributed by atoms with Gasteiger partial charge in [-0.3, -0.25) is 9.59 Å². The molecule has 0 aliphatic heterocycles. The van der Waals surface area contributed by atoms with Crippen molar-refractivity contribution in [3.05, 3.63) is 71.8 Å². The number of nitrogens with zero attached hydrogens (tertiary/aromatic N) is 1. The molecule has 0 aliphatic carbocycles. The number of rotatable bonds is 9. The van der Waals surface area contributed by atoms with E-state index in [0.29, 0.717) is 30.0 Å². The van der Waals surface area contributed by atoms with Crippen molar-refractivity contribution in [1.29, 1.82) is 0 Å². The minimum Gasteiger partial charge on any atom is -0.493 e. The molecule has 174 valence electrons. The van der Waals surface area contributed by atoms with E-state index in [-0.39, 0.29) is 17.7 Å². The van der Waals surface area contributed by atoms with Crippen LogP contribution in [0.1, 0.15) is 29.8 Å². The third-order valence-electron chi connectivity index (χ3n) is 5.81. The van der Waals surface area contributed by atoms with Crippen LogP contribution in [0, 0.1) is 5.92 Å². The van der Waals surface area contributed by atoms with Crippen LogP contribution >= 0.6 is 0 Å². The minimum atomic E-state index is -0.619. The first-order valence-corrected chi connectivity index (χ1v) is 11.1. The lowest BCUT2D eigenvalue weighted by Gasteiger charge is -2.27. The molecule has 3 rings (SSSR count). The highest BCUT2D eigenvalue weighted by atomic mass is 16.5. The van der Waals surface area contributed by atoms with Crippen molar-refractivity contribution in [3.63, 3.8) is 0 Å². The van der Waals surface area contributed by atoms with Crippen molar-refractivity contribution >= 4 is 22.6 Å². The zero-order valence-electron chi connectivity index (χ0n) is 19.9. The van der Waals surface area contributed by atoms with E-state index in [0.717, 1.165) is 16.3 Å². The Labute approximate surface area is 195 Å². The molecule has 0 fully saturated rings. The number of hydrogen-bond donors (Lipinski definition) is 1. The van der Waals surface area contributed by atoms with Gasteiger partial charge in [-0.05, 0) is 46.9 Å². The molecule has 3 aromatic rings. The maximum Gasteiger partial charge on any atom is 0.252 e. The Balaban J connectivity index is 1.70. The van der Waals surface area contributed by atoms with Crippen molar-refractivity contribution in [2.45, 2.75) is 26.3 Å². The summed E-state index contributed by atoms with van der Waals surface area (Å²) in [5, 5.41) is 4.83. The highest BCUT2D eigenvalue weighted by Crippen LogP contribution is 2.27. The molecule has 6 heteroatoms. The molecule has 1 N–H and O–H groups in total. The van der Waals surface area contributed by atoms with Gasteiger partial charge in [0.2, 0.25) is 5.91 Å². The Morgan fingerprint density at radius 1 is 0.939 bits per heavy atom. The average molecular weight is 449 g/mol. The standard InChI is InChI=1S/C27H32N2O4/c1-18(2)25(28-26(30)22-12-8-10-20-9-6-7-11-21(20)22)27(31)29(3)16-15-19-13-14-23(32-4)24(17-19)33-5/h6-14,17-18,25H,15-16H2,1-5H3,(H,28,30). The fraction of sp³-hybridized carbons (Fsp3) is 0.333. The van der Waals surface area contributed by atoms with Gasteiger partial charge in [-0.2, -0.15) is 0 Å². The minimum absolute atomic E-state index is 0.0556. The van der Waals surface area contributed by atoms with Gasteiger partial charge < -0.3 is 19.7 Å². The highest BCUT2D eigenvalue weighted by Gasteiger charge is 2.27. The molecule has 33 heavy (non-hydrogen) atoms. The van der Waals surface area contributed by atoms with E-state index in [1.807, 2.05) is 68.4 Å². The molecule has 1 unspecified atom stereocenters. The fourth-order valence-corrected chi connectivity index (χ4v) is 3.84. The quantitative estimate of drug-likeness (QED) is 0.530. The first kappa shape index (κ1) is 24.1. The second kappa shape index (κ2) is 10.9. The molecule has 0 spiro atoms. The van der Waals surface area contributed by atoms with Crippen LogP contribution in [0.25, 0.3) is 10.8 Å². The summed E-state index contributed by atoms with van der Waals surface area (Å²) in [7, 11) is 4.97. The van der Waals surface area contributed by atoms with Gasteiger partial charge in [-0.15, -0.1) is 0 Å². The van der Waals surface area contributed by atoms with Crippen molar-refractivity contribution in [2.75, 3.05) is 27.8 Å². The van der Waals surface area contributed by atoms with Crippen molar-refractivity contribution < 1.29 is 19.1 Å². The van der Waals surface area contributed by atoms with E-state index in [9.17, 15) is 9.59 Å². The van der Waals surface area contributed by atoms with Crippen LogP contribution in [-0.2, 0) is 11.2 Å². The Kier molecular flexibility index (Phi) is 7.93. The second-order valence-electron chi connectivity index (χ2n) is 8.42. The number of carbonyl (C=O) groups excluding carboxylic acids is 2. The summed E-state index contributed by atoms with van der Waals surface area (Å²) in [6.45, 7) is 4.39. The maximum atomic E-state index is 13.2. The van der Waals surface area contributed by atoms with Crippen LogP contribution in [-0.4, -0.2) is 50.6 Å². The van der Waals surface area contributed by atoms with Crippen molar-refractivity contribution in [3.8, 4) is 11.5 Å². The third-order valence-corrected chi connectivity index (χ3v) is 5.81. The van der Waals surface area contributed by atoms with Crippen LogP contribution in [0.4, 0.5) is 0 Å². The molecule has 0 aliphatic rings. The Bertz CT molecular complexity index is 1120. The predicted molar refractivity (Wildman–Crippen MR) is 131 cm³/mol. The van der Waals surface area contributed by atoms with Crippen LogP contribution in [0.3, 0.4) is 0 Å². The lowest BCUT2D eigenvalue weighted by Crippen LogP contribution is -2.50. The molecule has 2 amide bonds. The van der Waals surface area contributed by atoms with Crippen molar-refractivity contribution in [2.24, 2.45) is 5.92 Å². The lowest BCUT2D eigenvalue weighted by molar-refractivity contribution is -0.133. The van der Waals surface area contributed by atoms with Crippen LogP contribution in [0.5, 0.6) is 11.5 Å². The van der Waals surface area contributed by atoms with Gasteiger partial charge in [0.05, 0.1) is 14.2 Å². The molecule has 0 saturated carbocycles. The molecule has 0 aromatic heterocycles.